The van der Waals surface area contributed by atoms with Crippen LogP contribution >= 0.6 is 0 Å². The van der Waals surface area contributed by atoms with Gasteiger partial charge in [0.25, 0.3) is 0 Å². The molecule has 0 aliphatic heterocycles. The summed E-state index contributed by atoms with van der Waals surface area (Å²) < 4.78 is 40.8. The molecule has 0 aliphatic carbocycles. The predicted octanol–water partition coefficient (Wildman–Crippen LogP) is 4.13. The number of ether oxygens (including phenoxy) is 1. The SMILES string of the molecule is FC(F)(F)Oc1[c]ccc2c3ccc(cc3)c12. The Morgan fingerprint density at radius 2 is 1.59 bits per heavy atom. The van der Waals surface area contributed by atoms with E-state index >= 15 is 0 Å². The van der Waals surface area contributed by atoms with Crippen LogP contribution in [0.5, 0.6) is 5.75 Å². The molecule has 4 heteroatoms. The Morgan fingerprint density at radius 1 is 0.941 bits per heavy atom. The Morgan fingerprint density at radius 3 is 2.24 bits per heavy atom. The molecule has 0 amide bonds. The highest BCUT2D eigenvalue weighted by Gasteiger charge is 2.32. The Labute approximate surface area is 94.7 Å². The minimum absolute atomic E-state index is 0.267. The standard InChI is InChI=1S/C13H6F3O/c14-13(15,16)17-11-3-1-2-10-8-4-6-9(7-5-8)12(10)11/h1-2,4-7H. The number of hydrogen-bond acceptors (Lipinski definition) is 1. The first-order chi connectivity index (χ1) is 8.04. The highest BCUT2D eigenvalue weighted by molar-refractivity contribution is 6.12. The molecule has 0 spiro atoms. The number of alkyl halides is 3. The molecule has 2 bridgehead atoms. The van der Waals surface area contributed by atoms with Crippen molar-refractivity contribution in [2.24, 2.45) is 0 Å². The van der Waals surface area contributed by atoms with E-state index in [0.29, 0.717) is 10.8 Å². The van der Waals surface area contributed by atoms with Crippen molar-refractivity contribution >= 4 is 21.5 Å². The van der Waals surface area contributed by atoms with Crippen LogP contribution in [0.1, 0.15) is 0 Å². The molecule has 0 fully saturated rings. The van der Waals surface area contributed by atoms with E-state index in [1.807, 2.05) is 12.1 Å². The zero-order valence-corrected chi connectivity index (χ0v) is 8.51. The largest absolute Gasteiger partial charge is 0.573 e. The summed E-state index contributed by atoms with van der Waals surface area (Å²) >= 11 is 0. The number of hydrogen-bond donors (Lipinski definition) is 0. The summed E-state index contributed by atoms with van der Waals surface area (Å²) in [6.45, 7) is 0. The van der Waals surface area contributed by atoms with Gasteiger partial charge in [-0.15, -0.1) is 13.2 Å². The van der Waals surface area contributed by atoms with Crippen LogP contribution in [0, 0.1) is 6.07 Å². The summed E-state index contributed by atoms with van der Waals surface area (Å²) in [6.07, 6.45) is -4.69. The summed E-state index contributed by atoms with van der Waals surface area (Å²) in [5.74, 6) is -0.267. The number of benzene rings is 4. The molecule has 0 saturated heterocycles. The molecule has 17 heavy (non-hydrogen) atoms. The number of halogens is 3. The maximum absolute atomic E-state index is 12.3. The van der Waals surface area contributed by atoms with Gasteiger partial charge in [-0.2, -0.15) is 0 Å². The van der Waals surface area contributed by atoms with E-state index in [0.717, 1.165) is 10.8 Å². The lowest BCUT2D eigenvalue weighted by atomic mass is 9.99. The molecule has 85 valence electrons. The van der Waals surface area contributed by atoms with Crippen LogP contribution in [-0.2, 0) is 0 Å². The molecular formula is C13H6F3O. The van der Waals surface area contributed by atoms with Gasteiger partial charge >= 0.3 is 6.36 Å². The van der Waals surface area contributed by atoms with Crippen molar-refractivity contribution in [2.45, 2.75) is 6.36 Å². The smallest absolute Gasteiger partial charge is 0.404 e. The quantitative estimate of drug-likeness (QED) is 0.616. The van der Waals surface area contributed by atoms with E-state index < -0.39 is 6.36 Å². The first-order valence-electron chi connectivity index (χ1n) is 4.96. The molecule has 0 saturated carbocycles. The topological polar surface area (TPSA) is 9.23 Å². The van der Waals surface area contributed by atoms with E-state index in [4.69, 9.17) is 0 Å². The van der Waals surface area contributed by atoms with Gasteiger partial charge < -0.3 is 4.74 Å². The van der Waals surface area contributed by atoms with E-state index in [9.17, 15) is 13.2 Å². The lowest BCUT2D eigenvalue weighted by Crippen LogP contribution is -2.17. The lowest BCUT2D eigenvalue weighted by Gasteiger charge is -2.13. The van der Waals surface area contributed by atoms with Crippen molar-refractivity contribution in [3.05, 3.63) is 42.5 Å². The Kier molecular flexibility index (Phi) is 1.96. The molecule has 0 aromatic heterocycles. The second-order valence-electron chi connectivity index (χ2n) is 3.72. The summed E-state index contributed by atoms with van der Waals surface area (Å²) in [5.41, 5.74) is 0. The lowest BCUT2D eigenvalue weighted by molar-refractivity contribution is -0.274. The first kappa shape index (κ1) is 10.2. The first-order valence-corrected chi connectivity index (χ1v) is 4.96. The van der Waals surface area contributed by atoms with Crippen LogP contribution in [0.25, 0.3) is 21.5 Å². The van der Waals surface area contributed by atoms with E-state index in [2.05, 4.69) is 10.8 Å². The van der Waals surface area contributed by atoms with Crippen molar-refractivity contribution < 1.29 is 17.9 Å². The second-order valence-corrected chi connectivity index (χ2v) is 3.72. The average molecular weight is 235 g/mol. The highest BCUT2D eigenvalue weighted by atomic mass is 19.4. The molecule has 1 radical (unpaired) electrons. The molecule has 0 N–H and O–H groups in total. The highest BCUT2D eigenvalue weighted by Crippen LogP contribution is 2.36. The van der Waals surface area contributed by atoms with E-state index in [1.165, 1.54) is 6.07 Å². The van der Waals surface area contributed by atoms with Crippen molar-refractivity contribution in [1.82, 2.24) is 0 Å². The Balaban J connectivity index is 2.31. The van der Waals surface area contributed by atoms with Crippen molar-refractivity contribution in [3.8, 4) is 5.75 Å². The number of rotatable bonds is 1. The molecule has 4 rings (SSSR count). The van der Waals surface area contributed by atoms with Gasteiger partial charge in [-0.3, -0.25) is 0 Å². The van der Waals surface area contributed by atoms with Gasteiger partial charge in [0.2, 0.25) is 0 Å². The summed E-state index contributed by atoms with van der Waals surface area (Å²) in [4.78, 5) is 0. The second kappa shape index (κ2) is 3.26. The normalized spacial score (nSPS) is 12.4. The molecule has 0 unspecified atom stereocenters. The monoisotopic (exact) mass is 235 g/mol. The van der Waals surface area contributed by atoms with Crippen molar-refractivity contribution in [1.29, 1.82) is 0 Å². The molecule has 0 heterocycles. The van der Waals surface area contributed by atoms with Crippen LogP contribution in [0.2, 0.25) is 0 Å². The zero-order valence-electron chi connectivity index (χ0n) is 8.51. The molecule has 4 aromatic carbocycles. The van der Waals surface area contributed by atoms with Gasteiger partial charge in [0, 0.05) is 11.5 Å². The summed E-state index contributed by atoms with van der Waals surface area (Å²) in [6, 6.07) is 13.0. The molecule has 1 nitrogen and oxygen atoms in total. The number of fused-ring (bicyclic) bond motifs is 2. The van der Waals surface area contributed by atoms with Gasteiger partial charge in [0.1, 0.15) is 5.75 Å². The third-order valence-corrected chi connectivity index (χ3v) is 2.66. The maximum atomic E-state index is 12.3. The summed E-state index contributed by atoms with van der Waals surface area (Å²) in [7, 11) is 0. The van der Waals surface area contributed by atoms with Crippen LogP contribution < -0.4 is 4.74 Å². The van der Waals surface area contributed by atoms with Gasteiger partial charge in [-0.05, 0) is 22.2 Å². The van der Waals surface area contributed by atoms with Crippen LogP contribution in [0.4, 0.5) is 13.2 Å². The fourth-order valence-corrected chi connectivity index (χ4v) is 2.02. The van der Waals surface area contributed by atoms with Crippen molar-refractivity contribution in [3.63, 3.8) is 0 Å². The van der Waals surface area contributed by atoms with E-state index in [-0.39, 0.29) is 5.75 Å². The molecule has 0 aliphatic rings. The Bertz CT molecular complexity index is 652. The van der Waals surface area contributed by atoms with Gasteiger partial charge in [-0.25, -0.2) is 0 Å². The van der Waals surface area contributed by atoms with Crippen LogP contribution in [-0.4, -0.2) is 6.36 Å². The fraction of sp³-hybridized carbons (Fsp3) is 0.0769. The fourth-order valence-electron chi connectivity index (χ4n) is 2.02. The minimum Gasteiger partial charge on any atom is -0.404 e. The summed E-state index contributed by atoms with van der Waals surface area (Å²) in [5, 5.41) is 2.81. The van der Waals surface area contributed by atoms with Gasteiger partial charge in [0.05, 0.1) is 0 Å². The molecular weight excluding hydrogens is 229 g/mol. The maximum Gasteiger partial charge on any atom is 0.573 e. The third-order valence-electron chi connectivity index (χ3n) is 2.66. The van der Waals surface area contributed by atoms with Gasteiger partial charge in [-0.1, -0.05) is 30.3 Å². The molecule has 4 aromatic rings. The average Bonchev–Trinajstić information content (AvgIpc) is 2.29. The minimum atomic E-state index is -4.69. The molecule has 0 atom stereocenters. The van der Waals surface area contributed by atoms with Gasteiger partial charge in [0.15, 0.2) is 0 Å². The Hall–Kier alpha value is -1.97. The van der Waals surface area contributed by atoms with Crippen LogP contribution in [0.15, 0.2) is 36.4 Å². The predicted molar refractivity (Wildman–Crippen MR) is 58.2 cm³/mol. The van der Waals surface area contributed by atoms with Crippen LogP contribution in [0.3, 0.4) is 0 Å². The zero-order chi connectivity index (χ0) is 12.0. The third kappa shape index (κ3) is 1.65. The van der Waals surface area contributed by atoms with Crippen molar-refractivity contribution in [2.75, 3.05) is 0 Å². The van der Waals surface area contributed by atoms with E-state index in [1.54, 1.807) is 18.2 Å².